The van der Waals surface area contributed by atoms with Gasteiger partial charge in [0.05, 0.1) is 6.21 Å². The number of carbonyl (C=O) groups excluding carboxylic acids is 1. The summed E-state index contributed by atoms with van der Waals surface area (Å²) in [5, 5.41) is 3.88. The summed E-state index contributed by atoms with van der Waals surface area (Å²) in [4.78, 5) is 15.6. The molecule has 1 aromatic carbocycles. The Hall–Kier alpha value is -2.89. The van der Waals surface area contributed by atoms with Gasteiger partial charge in [-0.05, 0) is 35.9 Å². The Morgan fingerprint density at radius 2 is 2.15 bits per heavy atom. The lowest BCUT2D eigenvalue weighted by Crippen LogP contribution is -2.18. The molecule has 1 aliphatic rings. The van der Waals surface area contributed by atoms with Gasteiger partial charge in [-0.2, -0.15) is 5.10 Å². The summed E-state index contributed by atoms with van der Waals surface area (Å²) in [6.07, 6.45) is 3.08. The number of hydrazone groups is 1. The molecule has 1 amide bonds. The Bertz CT molecular complexity index is 656. The molecule has 6 heteroatoms. The molecule has 20 heavy (non-hydrogen) atoms. The van der Waals surface area contributed by atoms with Crippen LogP contribution >= 0.6 is 0 Å². The fourth-order valence-electron chi connectivity index (χ4n) is 1.71. The van der Waals surface area contributed by atoms with E-state index in [0.29, 0.717) is 17.2 Å². The zero-order valence-electron chi connectivity index (χ0n) is 10.4. The van der Waals surface area contributed by atoms with Crippen molar-refractivity contribution in [3.63, 3.8) is 0 Å². The number of amides is 1. The molecule has 1 aliphatic heterocycles. The summed E-state index contributed by atoms with van der Waals surface area (Å²) in [6.45, 7) is 0.229. The third-order valence-electron chi connectivity index (χ3n) is 2.67. The van der Waals surface area contributed by atoms with E-state index < -0.39 is 0 Å². The van der Waals surface area contributed by atoms with E-state index in [9.17, 15) is 4.79 Å². The Balaban J connectivity index is 1.65. The maximum absolute atomic E-state index is 11.7. The summed E-state index contributed by atoms with van der Waals surface area (Å²) in [5.41, 5.74) is 3.53. The van der Waals surface area contributed by atoms with Crippen molar-refractivity contribution in [2.45, 2.75) is 0 Å². The van der Waals surface area contributed by atoms with E-state index in [4.69, 9.17) is 9.47 Å². The van der Waals surface area contributed by atoms with Crippen molar-refractivity contribution in [1.29, 1.82) is 0 Å². The molecule has 0 atom stereocenters. The summed E-state index contributed by atoms with van der Waals surface area (Å²) in [6, 6.07) is 10.5. The topological polar surface area (TPSA) is 72.8 Å². The largest absolute Gasteiger partial charge is 0.454 e. The van der Waals surface area contributed by atoms with E-state index >= 15 is 0 Å². The van der Waals surface area contributed by atoms with E-state index in [-0.39, 0.29) is 12.7 Å². The lowest BCUT2D eigenvalue weighted by atomic mass is 10.2. The molecule has 0 bridgehead atoms. The van der Waals surface area contributed by atoms with Gasteiger partial charge in [0.25, 0.3) is 5.91 Å². The molecule has 2 aromatic rings. The normalized spacial score (nSPS) is 12.6. The molecule has 0 spiro atoms. The number of hydrogen-bond acceptors (Lipinski definition) is 5. The van der Waals surface area contributed by atoms with Gasteiger partial charge >= 0.3 is 0 Å². The first-order valence-electron chi connectivity index (χ1n) is 5.97. The van der Waals surface area contributed by atoms with Gasteiger partial charge in [0.15, 0.2) is 11.5 Å². The van der Waals surface area contributed by atoms with Crippen LogP contribution in [0.3, 0.4) is 0 Å². The van der Waals surface area contributed by atoms with Crippen LogP contribution in [0, 0.1) is 0 Å². The second-order valence-electron chi connectivity index (χ2n) is 4.03. The first-order valence-corrected chi connectivity index (χ1v) is 5.97. The van der Waals surface area contributed by atoms with Crippen molar-refractivity contribution in [3.8, 4) is 11.5 Å². The van der Waals surface area contributed by atoms with Gasteiger partial charge in [-0.3, -0.25) is 9.78 Å². The van der Waals surface area contributed by atoms with Crippen LogP contribution in [-0.2, 0) is 0 Å². The minimum absolute atomic E-state index is 0.229. The molecule has 0 saturated carbocycles. The monoisotopic (exact) mass is 269 g/mol. The minimum atomic E-state index is -0.359. The predicted octanol–water partition coefficient (Wildman–Crippen LogP) is 1.57. The minimum Gasteiger partial charge on any atom is -0.454 e. The number of pyridine rings is 1. The molecule has 0 fully saturated rings. The van der Waals surface area contributed by atoms with E-state index in [2.05, 4.69) is 15.5 Å². The highest BCUT2D eigenvalue weighted by atomic mass is 16.7. The van der Waals surface area contributed by atoms with Crippen LogP contribution in [0.1, 0.15) is 16.1 Å². The van der Waals surface area contributed by atoms with E-state index in [1.807, 2.05) is 6.07 Å². The van der Waals surface area contributed by atoms with Gasteiger partial charge in [-0.25, -0.2) is 5.43 Å². The molecule has 1 aromatic heterocycles. The fraction of sp³-hybridized carbons (Fsp3) is 0.0714. The van der Waals surface area contributed by atoms with E-state index in [1.54, 1.807) is 36.5 Å². The van der Waals surface area contributed by atoms with Gasteiger partial charge in [0, 0.05) is 6.20 Å². The molecule has 0 unspecified atom stereocenters. The van der Waals surface area contributed by atoms with Gasteiger partial charge in [0.1, 0.15) is 5.69 Å². The van der Waals surface area contributed by atoms with Crippen LogP contribution in [0.25, 0.3) is 0 Å². The Labute approximate surface area is 115 Å². The Morgan fingerprint density at radius 1 is 1.25 bits per heavy atom. The third-order valence-corrected chi connectivity index (χ3v) is 2.67. The number of hydrogen-bond donors (Lipinski definition) is 1. The second-order valence-corrected chi connectivity index (χ2v) is 4.03. The summed E-state index contributed by atoms with van der Waals surface area (Å²) < 4.78 is 10.5. The van der Waals surface area contributed by atoms with Crippen LogP contribution in [0.15, 0.2) is 47.7 Å². The number of rotatable bonds is 3. The molecule has 6 nitrogen and oxygen atoms in total. The molecule has 0 saturated heterocycles. The van der Waals surface area contributed by atoms with Crippen molar-refractivity contribution in [1.82, 2.24) is 10.4 Å². The number of benzene rings is 1. The molecule has 0 radical (unpaired) electrons. The van der Waals surface area contributed by atoms with Crippen LogP contribution in [0.4, 0.5) is 0 Å². The summed E-state index contributed by atoms with van der Waals surface area (Å²) >= 11 is 0. The first kappa shape index (κ1) is 12.2. The zero-order valence-corrected chi connectivity index (χ0v) is 10.4. The van der Waals surface area contributed by atoms with Gasteiger partial charge in [0.2, 0.25) is 6.79 Å². The summed E-state index contributed by atoms with van der Waals surface area (Å²) in [7, 11) is 0. The maximum Gasteiger partial charge on any atom is 0.289 e. The predicted molar refractivity (Wildman–Crippen MR) is 71.9 cm³/mol. The van der Waals surface area contributed by atoms with E-state index in [1.165, 1.54) is 6.21 Å². The molecule has 100 valence electrons. The molecular formula is C14H11N3O3. The molecule has 1 N–H and O–H groups in total. The van der Waals surface area contributed by atoms with E-state index in [0.717, 1.165) is 5.56 Å². The second kappa shape index (κ2) is 5.40. The van der Waals surface area contributed by atoms with Gasteiger partial charge in [-0.1, -0.05) is 6.07 Å². The van der Waals surface area contributed by atoms with Gasteiger partial charge < -0.3 is 9.47 Å². The summed E-state index contributed by atoms with van der Waals surface area (Å²) in [5.74, 6) is 1.02. The maximum atomic E-state index is 11.7. The molecule has 3 rings (SSSR count). The standard InChI is InChI=1S/C14H11N3O3/c18-14(11-3-1-2-6-15-11)17-16-8-10-4-5-12-13(7-10)20-9-19-12/h1-8H,9H2,(H,17,18). The van der Waals surface area contributed by atoms with Crippen molar-refractivity contribution < 1.29 is 14.3 Å². The van der Waals surface area contributed by atoms with Crippen molar-refractivity contribution in [2.75, 3.05) is 6.79 Å². The molecule has 0 aliphatic carbocycles. The van der Waals surface area contributed by atoms with Crippen LogP contribution < -0.4 is 14.9 Å². The fourth-order valence-corrected chi connectivity index (χ4v) is 1.71. The Kier molecular flexibility index (Phi) is 3.28. The SMILES string of the molecule is O=C(NN=Cc1ccc2c(c1)OCO2)c1ccccn1. The number of carbonyl (C=O) groups is 1. The number of nitrogens with one attached hydrogen (secondary N) is 1. The first-order chi connectivity index (χ1) is 9.83. The number of fused-ring (bicyclic) bond motifs is 1. The average Bonchev–Trinajstić information content (AvgIpc) is 2.95. The van der Waals surface area contributed by atoms with Crippen LogP contribution in [0.5, 0.6) is 11.5 Å². The van der Waals surface area contributed by atoms with Gasteiger partial charge in [-0.15, -0.1) is 0 Å². The number of aromatic nitrogens is 1. The average molecular weight is 269 g/mol. The molecular weight excluding hydrogens is 258 g/mol. The number of nitrogens with zero attached hydrogens (tertiary/aromatic N) is 2. The number of ether oxygens (including phenoxy) is 2. The quantitative estimate of drug-likeness (QED) is 0.678. The van der Waals surface area contributed by atoms with Crippen LogP contribution in [0.2, 0.25) is 0 Å². The highest BCUT2D eigenvalue weighted by molar-refractivity contribution is 5.93. The molecule has 2 heterocycles. The zero-order chi connectivity index (χ0) is 13.8. The highest BCUT2D eigenvalue weighted by Gasteiger charge is 2.12. The Morgan fingerprint density at radius 3 is 3.00 bits per heavy atom. The lowest BCUT2D eigenvalue weighted by Gasteiger charge is -1.99. The van der Waals surface area contributed by atoms with Crippen LogP contribution in [-0.4, -0.2) is 23.9 Å². The lowest BCUT2D eigenvalue weighted by molar-refractivity contribution is 0.0950. The van der Waals surface area contributed by atoms with Crippen molar-refractivity contribution in [3.05, 3.63) is 53.9 Å². The highest BCUT2D eigenvalue weighted by Crippen LogP contribution is 2.31. The van der Waals surface area contributed by atoms with Crippen molar-refractivity contribution in [2.24, 2.45) is 5.10 Å². The smallest absolute Gasteiger partial charge is 0.289 e. The van der Waals surface area contributed by atoms with Crippen molar-refractivity contribution >= 4 is 12.1 Å². The third kappa shape index (κ3) is 2.59.